The van der Waals surface area contributed by atoms with Crippen LogP contribution in [-0.2, 0) is 0 Å². The van der Waals surface area contributed by atoms with Gasteiger partial charge in [-0.1, -0.05) is 39.0 Å². The van der Waals surface area contributed by atoms with Crippen molar-refractivity contribution in [1.29, 1.82) is 0 Å². The first-order valence-corrected chi connectivity index (χ1v) is 8.09. The molecule has 0 aliphatic rings. The summed E-state index contributed by atoms with van der Waals surface area (Å²) in [6.45, 7) is 12.2. The maximum absolute atomic E-state index is 3.62. The molecule has 0 spiro atoms. The van der Waals surface area contributed by atoms with Crippen LogP contribution in [0.25, 0.3) is 0 Å². The molecule has 1 unspecified atom stereocenters. The smallest absolute Gasteiger partial charge is 0.0414 e. The van der Waals surface area contributed by atoms with Crippen molar-refractivity contribution in [2.75, 3.05) is 18.1 Å². The second-order valence-corrected chi connectivity index (χ2v) is 6.41. The molecule has 0 aromatic heterocycles. The Balaban J connectivity index is 2.74. The monoisotopic (exact) mass is 265 g/mol. The van der Waals surface area contributed by atoms with Crippen LogP contribution in [0.2, 0.25) is 0 Å². The molecule has 102 valence electrons. The Morgan fingerprint density at radius 3 is 2.50 bits per heavy atom. The second-order valence-electron chi connectivity index (χ2n) is 5.33. The molecule has 0 fully saturated rings. The number of nitrogens with one attached hydrogen (secondary N) is 1. The van der Waals surface area contributed by atoms with Gasteiger partial charge in [0.1, 0.15) is 0 Å². The minimum absolute atomic E-state index is 0.485. The number of rotatable bonds is 7. The van der Waals surface area contributed by atoms with Crippen LogP contribution >= 0.6 is 11.8 Å². The highest BCUT2D eigenvalue weighted by molar-refractivity contribution is 7.99. The molecule has 0 aliphatic heterocycles. The zero-order valence-corrected chi connectivity index (χ0v) is 13.2. The molecule has 1 rings (SSSR count). The minimum Gasteiger partial charge on any atom is -0.310 e. The van der Waals surface area contributed by atoms with Gasteiger partial charge in [0, 0.05) is 11.8 Å². The van der Waals surface area contributed by atoms with Crippen LogP contribution in [0.15, 0.2) is 18.2 Å². The number of benzene rings is 1. The fourth-order valence-electron chi connectivity index (χ4n) is 2.08. The number of hydrogen-bond donors (Lipinski definition) is 1. The van der Waals surface area contributed by atoms with Gasteiger partial charge in [0.25, 0.3) is 0 Å². The van der Waals surface area contributed by atoms with Gasteiger partial charge in [-0.15, -0.1) is 0 Å². The van der Waals surface area contributed by atoms with Crippen LogP contribution in [0.1, 0.15) is 43.5 Å². The number of aryl methyl sites for hydroxylation is 1. The predicted octanol–water partition coefficient (Wildman–Crippen LogP) is 4.34. The molecule has 1 aromatic carbocycles. The molecule has 1 aromatic rings. The summed E-state index contributed by atoms with van der Waals surface area (Å²) in [4.78, 5) is 0. The van der Waals surface area contributed by atoms with Crippen LogP contribution in [0, 0.1) is 19.8 Å². The van der Waals surface area contributed by atoms with Crippen molar-refractivity contribution in [2.45, 2.75) is 40.7 Å². The summed E-state index contributed by atoms with van der Waals surface area (Å²) in [6, 6.07) is 7.13. The van der Waals surface area contributed by atoms with Crippen LogP contribution in [-0.4, -0.2) is 18.1 Å². The van der Waals surface area contributed by atoms with E-state index in [0.717, 1.165) is 18.2 Å². The SMILES string of the molecule is CCNC(CSCC(C)C)c1cccc(C)c1C. The van der Waals surface area contributed by atoms with E-state index in [9.17, 15) is 0 Å². The highest BCUT2D eigenvalue weighted by Gasteiger charge is 2.13. The third kappa shape index (κ3) is 4.66. The molecule has 0 heterocycles. The van der Waals surface area contributed by atoms with Crippen LogP contribution in [0.4, 0.5) is 0 Å². The summed E-state index contributed by atoms with van der Waals surface area (Å²) in [6.07, 6.45) is 0. The zero-order chi connectivity index (χ0) is 13.5. The Labute approximate surface area is 117 Å². The predicted molar refractivity (Wildman–Crippen MR) is 84.5 cm³/mol. The minimum atomic E-state index is 0.485. The average Bonchev–Trinajstić information content (AvgIpc) is 2.31. The lowest BCUT2D eigenvalue weighted by Gasteiger charge is -2.21. The number of hydrogen-bond acceptors (Lipinski definition) is 2. The summed E-state index contributed by atoms with van der Waals surface area (Å²) in [5.74, 6) is 3.18. The van der Waals surface area contributed by atoms with Crippen molar-refractivity contribution in [2.24, 2.45) is 5.92 Å². The van der Waals surface area contributed by atoms with Gasteiger partial charge in [-0.3, -0.25) is 0 Å². The van der Waals surface area contributed by atoms with Gasteiger partial charge >= 0.3 is 0 Å². The average molecular weight is 265 g/mol. The molecule has 1 nitrogen and oxygen atoms in total. The zero-order valence-electron chi connectivity index (χ0n) is 12.4. The third-order valence-electron chi connectivity index (χ3n) is 3.21. The van der Waals surface area contributed by atoms with E-state index < -0.39 is 0 Å². The van der Waals surface area contributed by atoms with Gasteiger partial charge in [-0.2, -0.15) is 11.8 Å². The third-order valence-corrected chi connectivity index (χ3v) is 4.68. The van der Waals surface area contributed by atoms with E-state index in [0.29, 0.717) is 6.04 Å². The lowest BCUT2D eigenvalue weighted by atomic mass is 9.98. The van der Waals surface area contributed by atoms with E-state index in [1.807, 2.05) is 0 Å². The first kappa shape index (κ1) is 15.6. The Kier molecular flexibility index (Phi) is 6.80. The van der Waals surface area contributed by atoms with Crippen molar-refractivity contribution >= 4 is 11.8 Å². The lowest BCUT2D eigenvalue weighted by molar-refractivity contribution is 0.601. The van der Waals surface area contributed by atoms with Crippen molar-refractivity contribution in [3.05, 3.63) is 34.9 Å². The Hall–Kier alpha value is -0.470. The summed E-state index contributed by atoms with van der Waals surface area (Å²) in [5, 5.41) is 3.62. The topological polar surface area (TPSA) is 12.0 Å². The Morgan fingerprint density at radius 2 is 1.89 bits per heavy atom. The molecule has 0 amide bonds. The fraction of sp³-hybridized carbons (Fsp3) is 0.625. The summed E-state index contributed by atoms with van der Waals surface area (Å²) in [7, 11) is 0. The maximum atomic E-state index is 3.62. The Morgan fingerprint density at radius 1 is 1.17 bits per heavy atom. The van der Waals surface area contributed by atoms with E-state index in [4.69, 9.17) is 0 Å². The van der Waals surface area contributed by atoms with Gasteiger partial charge in [0.05, 0.1) is 0 Å². The van der Waals surface area contributed by atoms with Crippen molar-refractivity contribution in [3.63, 3.8) is 0 Å². The highest BCUT2D eigenvalue weighted by Crippen LogP contribution is 2.24. The van der Waals surface area contributed by atoms with Gasteiger partial charge < -0.3 is 5.32 Å². The highest BCUT2D eigenvalue weighted by atomic mass is 32.2. The quantitative estimate of drug-likeness (QED) is 0.787. The van der Waals surface area contributed by atoms with Crippen LogP contribution < -0.4 is 5.32 Å². The molecule has 2 heteroatoms. The van der Waals surface area contributed by atoms with Crippen molar-refractivity contribution in [1.82, 2.24) is 5.32 Å². The normalized spacial score (nSPS) is 13.0. The molecule has 0 saturated carbocycles. The summed E-state index contributed by atoms with van der Waals surface area (Å²) in [5.41, 5.74) is 4.30. The molecule has 1 N–H and O–H groups in total. The molecular weight excluding hydrogens is 238 g/mol. The summed E-state index contributed by atoms with van der Waals surface area (Å²) < 4.78 is 0. The molecule has 0 bridgehead atoms. The van der Waals surface area contributed by atoms with E-state index in [-0.39, 0.29) is 0 Å². The molecule has 0 radical (unpaired) electrons. The van der Waals surface area contributed by atoms with Crippen LogP contribution in [0.3, 0.4) is 0 Å². The molecule has 18 heavy (non-hydrogen) atoms. The lowest BCUT2D eigenvalue weighted by Crippen LogP contribution is -2.24. The van der Waals surface area contributed by atoms with Crippen molar-refractivity contribution in [3.8, 4) is 0 Å². The largest absolute Gasteiger partial charge is 0.310 e. The first-order valence-electron chi connectivity index (χ1n) is 6.93. The molecule has 0 saturated heterocycles. The Bertz CT molecular complexity index is 360. The van der Waals surface area contributed by atoms with E-state index in [1.165, 1.54) is 22.4 Å². The second kappa shape index (κ2) is 7.85. The van der Waals surface area contributed by atoms with E-state index in [2.05, 4.69) is 69.9 Å². The van der Waals surface area contributed by atoms with Crippen LogP contribution in [0.5, 0.6) is 0 Å². The fourth-order valence-corrected chi connectivity index (χ4v) is 3.22. The molecule has 1 atom stereocenters. The summed E-state index contributed by atoms with van der Waals surface area (Å²) >= 11 is 2.06. The van der Waals surface area contributed by atoms with Gasteiger partial charge in [0.15, 0.2) is 0 Å². The first-order chi connectivity index (χ1) is 8.56. The molecule has 0 aliphatic carbocycles. The van der Waals surface area contributed by atoms with E-state index >= 15 is 0 Å². The number of thioether (sulfide) groups is 1. The standard InChI is InChI=1S/C16H27NS/c1-6-17-16(11-18-10-12(2)3)15-9-7-8-13(4)14(15)5/h7-9,12,16-17H,6,10-11H2,1-5H3. The molecular formula is C16H27NS. The van der Waals surface area contributed by atoms with E-state index in [1.54, 1.807) is 0 Å². The van der Waals surface area contributed by atoms with Crippen molar-refractivity contribution < 1.29 is 0 Å². The van der Waals surface area contributed by atoms with Gasteiger partial charge in [0.2, 0.25) is 0 Å². The van der Waals surface area contributed by atoms with Gasteiger partial charge in [-0.05, 0) is 48.8 Å². The van der Waals surface area contributed by atoms with Gasteiger partial charge in [-0.25, -0.2) is 0 Å². The maximum Gasteiger partial charge on any atom is 0.0414 e.